The van der Waals surface area contributed by atoms with E-state index in [9.17, 15) is 4.79 Å². The Morgan fingerprint density at radius 3 is 3.00 bits per heavy atom. The van der Waals surface area contributed by atoms with Crippen LogP contribution in [0.25, 0.3) is 0 Å². The fourth-order valence-electron chi connectivity index (χ4n) is 1.56. The molecule has 104 valence electrons. The highest BCUT2D eigenvalue weighted by Gasteiger charge is 2.07. The van der Waals surface area contributed by atoms with E-state index >= 15 is 0 Å². The fourth-order valence-corrected chi connectivity index (χ4v) is 2.01. The standard InChI is InChI=1S/C13H18BrN3O2/c1-3-8-17-13(18)12(14)11(10-16-17)15-7-5-4-6-9-19-2/h1,10,15H,4-9H2,2H3. The van der Waals surface area contributed by atoms with Gasteiger partial charge in [0.15, 0.2) is 0 Å². The first kappa shape index (κ1) is 15.7. The van der Waals surface area contributed by atoms with Crippen molar-refractivity contribution < 1.29 is 4.74 Å². The van der Waals surface area contributed by atoms with Crippen molar-refractivity contribution in [1.82, 2.24) is 9.78 Å². The van der Waals surface area contributed by atoms with Crippen LogP contribution in [-0.2, 0) is 11.3 Å². The summed E-state index contributed by atoms with van der Waals surface area (Å²) in [4.78, 5) is 11.9. The Bertz CT molecular complexity index is 494. The second-order valence-electron chi connectivity index (χ2n) is 4.02. The molecule has 6 heteroatoms. The van der Waals surface area contributed by atoms with Gasteiger partial charge in [-0.3, -0.25) is 4.79 Å². The van der Waals surface area contributed by atoms with E-state index in [-0.39, 0.29) is 12.1 Å². The Kier molecular flexibility index (Phi) is 7.23. The van der Waals surface area contributed by atoms with Crippen LogP contribution >= 0.6 is 15.9 Å². The van der Waals surface area contributed by atoms with Gasteiger partial charge in [0.25, 0.3) is 5.56 Å². The second kappa shape index (κ2) is 8.73. The topological polar surface area (TPSA) is 56.1 Å². The largest absolute Gasteiger partial charge is 0.385 e. The summed E-state index contributed by atoms with van der Waals surface area (Å²) in [5, 5.41) is 7.19. The molecule has 0 radical (unpaired) electrons. The molecule has 1 rings (SSSR count). The van der Waals surface area contributed by atoms with Crippen LogP contribution < -0.4 is 10.9 Å². The van der Waals surface area contributed by atoms with Gasteiger partial charge >= 0.3 is 0 Å². The Morgan fingerprint density at radius 2 is 2.32 bits per heavy atom. The molecule has 19 heavy (non-hydrogen) atoms. The van der Waals surface area contributed by atoms with Gasteiger partial charge in [-0.1, -0.05) is 5.92 Å². The predicted molar refractivity (Wildman–Crippen MR) is 79.2 cm³/mol. The van der Waals surface area contributed by atoms with Gasteiger partial charge in [-0.15, -0.1) is 6.42 Å². The first-order valence-electron chi connectivity index (χ1n) is 6.12. The molecule has 0 unspecified atom stereocenters. The summed E-state index contributed by atoms with van der Waals surface area (Å²) in [6.45, 7) is 1.75. The maximum absolute atomic E-state index is 11.9. The molecule has 0 aliphatic rings. The molecule has 0 saturated carbocycles. The van der Waals surface area contributed by atoms with Gasteiger partial charge in [0, 0.05) is 20.3 Å². The average molecular weight is 328 g/mol. The lowest BCUT2D eigenvalue weighted by Gasteiger charge is -2.09. The summed E-state index contributed by atoms with van der Waals surface area (Å²) < 4.78 is 6.69. The fraction of sp³-hybridized carbons (Fsp3) is 0.538. The maximum Gasteiger partial charge on any atom is 0.284 e. The highest BCUT2D eigenvalue weighted by Crippen LogP contribution is 2.16. The lowest BCUT2D eigenvalue weighted by atomic mass is 10.2. The Labute approximate surface area is 121 Å². The predicted octanol–water partition coefficient (Wildman–Crippen LogP) is 1.87. The molecular formula is C13H18BrN3O2. The SMILES string of the molecule is C#CCn1ncc(NCCCCCOC)c(Br)c1=O. The van der Waals surface area contributed by atoms with Crippen molar-refractivity contribution in [3.05, 3.63) is 21.0 Å². The van der Waals surface area contributed by atoms with Crippen molar-refractivity contribution in [3.8, 4) is 12.3 Å². The van der Waals surface area contributed by atoms with E-state index in [4.69, 9.17) is 11.2 Å². The summed E-state index contributed by atoms with van der Waals surface area (Å²) in [6, 6.07) is 0. The van der Waals surface area contributed by atoms with Crippen molar-refractivity contribution in [3.63, 3.8) is 0 Å². The number of aromatic nitrogens is 2. The Morgan fingerprint density at radius 1 is 1.53 bits per heavy atom. The monoisotopic (exact) mass is 327 g/mol. The van der Waals surface area contributed by atoms with Gasteiger partial charge < -0.3 is 10.1 Å². The molecule has 0 amide bonds. The van der Waals surface area contributed by atoms with Crippen molar-refractivity contribution >= 4 is 21.6 Å². The number of hydrogen-bond donors (Lipinski definition) is 1. The minimum absolute atomic E-state index is 0.175. The number of terminal acetylenes is 1. The highest BCUT2D eigenvalue weighted by atomic mass is 79.9. The molecule has 0 aliphatic heterocycles. The van der Waals surface area contributed by atoms with Crippen molar-refractivity contribution in [2.45, 2.75) is 25.8 Å². The van der Waals surface area contributed by atoms with Crippen molar-refractivity contribution in [1.29, 1.82) is 0 Å². The number of nitrogens with one attached hydrogen (secondary N) is 1. The zero-order chi connectivity index (χ0) is 14.1. The van der Waals surface area contributed by atoms with E-state index in [1.165, 1.54) is 4.68 Å². The molecule has 0 saturated heterocycles. The van der Waals surface area contributed by atoms with Gasteiger partial charge in [-0.05, 0) is 35.2 Å². The summed E-state index contributed by atoms with van der Waals surface area (Å²) in [5.74, 6) is 2.39. The van der Waals surface area contributed by atoms with Crippen LogP contribution in [0.4, 0.5) is 5.69 Å². The smallest absolute Gasteiger partial charge is 0.284 e. The molecule has 0 aromatic carbocycles. The summed E-state index contributed by atoms with van der Waals surface area (Å²) in [5.41, 5.74) is 0.479. The highest BCUT2D eigenvalue weighted by molar-refractivity contribution is 9.10. The summed E-state index contributed by atoms with van der Waals surface area (Å²) in [6.07, 6.45) is 9.92. The zero-order valence-corrected chi connectivity index (χ0v) is 12.6. The van der Waals surface area contributed by atoms with Crippen LogP contribution in [0, 0.1) is 12.3 Å². The van der Waals surface area contributed by atoms with Crippen LogP contribution in [-0.4, -0.2) is 30.0 Å². The maximum atomic E-state index is 11.9. The molecule has 0 atom stereocenters. The normalized spacial score (nSPS) is 10.2. The van der Waals surface area contributed by atoms with Crippen LogP contribution in [0.5, 0.6) is 0 Å². The first-order chi connectivity index (χ1) is 9.20. The third kappa shape index (κ3) is 5.05. The zero-order valence-electron chi connectivity index (χ0n) is 11.0. The average Bonchev–Trinajstić information content (AvgIpc) is 2.41. The van der Waals surface area contributed by atoms with Crippen molar-refractivity contribution in [2.24, 2.45) is 0 Å². The van der Waals surface area contributed by atoms with E-state index in [0.717, 1.165) is 32.4 Å². The number of hydrogen-bond acceptors (Lipinski definition) is 4. The van der Waals surface area contributed by atoms with E-state index in [1.807, 2.05) is 0 Å². The lowest BCUT2D eigenvalue weighted by molar-refractivity contribution is 0.192. The lowest BCUT2D eigenvalue weighted by Crippen LogP contribution is -2.24. The molecule has 0 fully saturated rings. The van der Waals surface area contributed by atoms with E-state index in [0.29, 0.717) is 10.2 Å². The van der Waals surface area contributed by atoms with Crippen LogP contribution in [0.1, 0.15) is 19.3 Å². The van der Waals surface area contributed by atoms with E-state index in [1.54, 1.807) is 13.3 Å². The minimum Gasteiger partial charge on any atom is -0.385 e. The number of methoxy groups -OCH3 is 1. The quantitative estimate of drug-likeness (QED) is 0.585. The molecule has 5 nitrogen and oxygen atoms in total. The number of nitrogens with zero attached hydrogens (tertiary/aromatic N) is 2. The summed E-state index contributed by atoms with van der Waals surface area (Å²) >= 11 is 3.27. The van der Waals surface area contributed by atoms with Gasteiger partial charge in [0.05, 0.1) is 11.9 Å². The minimum atomic E-state index is -0.220. The van der Waals surface area contributed by atoms with Gasteiger partial charge in [0.1, 0.15) is 11.0 Å². The number of halogens is 1. The molecular weight excluding hydrogens is 310 g/mol. The summed E-state index contributed by atoms with van der Waals surface area (Å²) in [7, 11) is 1.70. The molecule has 0 bridgehead atoms. The second-order valence-corrected chi connectivity index (χ2v) is 4.81. The Hall–Kier alpha value is -1.32. The van der Waals surface area contributed by atoms with E-state index in [2.05, 4.69) is 32.3 Å². The Balaban J connectivity index is 2.49. The number of ether oxygens (including phenoxy) is 1. The molecule has 1 heterocycles. The van der Waals surface area contributed by atoms with E-state index < -0.39 is 0 Å². The molecule has 1 aromatic rings. The molecule has 0 spiro atoms. The molecule has 1 N–H and O–H groups in total. The number of rotatable bonds is 8. The molecule has 0 aliphatic carbocycles. The van der Waals surface area contributed by atoms with Crippen LogP contribution in [0.2, 0.25) is 0 Å². The number of anilines is 1. The van der Waals surface area contributed by atoms with Gasteiger partial charge in [-0.2, -0.15) is 5.10 Å². The van der Waals surface area contributed by atoms with Gasteiger partial charge in [-0.25, -0.2) is 4.68 Å². The first-order valence-corrected chi connectivity index (χ1v) is 6.92. The van der Waals surface area contributed by atoms with Crippen LogP contribution in [0.15, 0.2) is 15.5 Å². The van der Waals surface area contributed by atoms with Crippen molar-refractivity contribution in [2.75, 3.05) is 25.6 Å². The van der Waals surface area contributed by atoms with Crippen LogP contribution in [0.3, 0.4) is 0 Å². The molecule has 1 aromatic heterocycles. The van der Waals surface area contributed by atoms with Gasteiger partial charge in [0.2, 0.25) is 0 Å². The third-order valence-corrected chi connectivity index (χ3v) is 3.33. The third-order valence-electron chi connectivity index (χ3n) is 2.57. The number of unbranched alkanes of at least 4 members (excludes halogenated alkanes) is 2.